The summed E-state index contributed by atoms with van der Waals surface area (Å²) < 4.78 is 7.92. The zero-order valence-electron chi connectivity index (χ0n) is 19.6. The summed E-state index contributed by atoms with van der Waals surface area (Å²) in [5, 5.41) is 17.1. The van der Waals surface area contributed by atoms with Gasteiger partial charge in [-0.3, -0.25) is 0 Å². The van der Waals surface area contributed by atoms with Crippen LogP contribution in [0.4, 0.5) is 0 Å². The monoisotopic (exact) mass is 456 g/mol. The first kappa shape index (κ1) is 23.2. The van der Waals surface area contributed by atoms with Crippen LogP contribution >= 0.6 is 0 Å². The van der Waals surface area contributed by atoms with Gasteiger partial charge in [-0.05, 0) is 34.9 Å². The number of benzene rings is 3. The Morgan fingerprint density at radius 2 is 1.61 bits per heavy atom. The summed E-state index contributed by atoms with van der Waals surface area (Å²) >= 11 is 0. The number of fused-ring (bicyclic) bond motifs is 1. The van der Waals surface area contributed by atoms with Crippen molar-refractivity contribution in [1.29, 1.82) is 0 Å². The van der Waals surface area contributed by atoms with E-state index in [1.807, 2.05) is 77.5 Å². The molecule has 4 nitrogen and oxygen atoms in total. The van der Waals surface area contributed by atoms with Crippen molar-refractivity contribution >= 4 is 31.1 Å². The minimum atomic E-state index is -1.15. The van der Waals surface area contributed by atoms with Crippen molar-refractivity contribution in [2.75, 3.05) is 6.61 Å². The topological polar surface area (TPSA) is 47.3 Å². The van der Waals surface area contributed by atoms with Crippen LogP contribution in [0.5, 0.6) is 0 Å². The second-order valence-electron chi connectivity index (χ2n) is 9.53. The third-order valence-corrected chi connectivity index (χ3v) is 7.39. The maximum Gasteiger partial charge on any atom is 0.140 e. The molecule has 0 aliphatic carbocycles. The quantitative estimate of drug-likeness (QED) is 0.228. The lowest BCUT2D eigenvalue weighted by Gasteiger charge is -2.15. The maximum absolute atomic E-state index is 11.2. The molecule has 33 heavy (non-hydrogen) atoms. The van der Waals surface area contributed by atoms with Crippen LogP contribution in [0.15, 0.2) is 78.9 Å². The average molecular weight is 457 g/mol. The van der Waals surface area contributed by atoms with E-state index in [0.29, 0.717) is 6.73 Å². The molecule has 0 fully saturated rings. The molecule has 1 aromatic heterocycles. The van der Waals surface area contributed by atoms with Crippen LogP contribution in [0.3, 0.4) is 0 Å². The summed E-state index contributed by atoms with van der Waals surface area (Å²) in [6.07, 6.45) is 3.35. The van der Waals surface area contributed by atoms with Crippen molar-refractivity contribution < 1.29 is 9.84 Å². The summed E-state index contributed by atoms with van der Waals surface area (Å²) in [7, 11) is -1.15. The van der Waals surface area contributed by atoms with Crippen LogP contribution in [0.1, 0.15) is 28.5 Å². The molecule has 0 saturated carbocycles. The molecule has 4 aromatic rings. The van der Waals surface area contributed by atoms with Gasteiger partial charge in [0.2, 0.25) is 0 Å². The fourth-order valence-corrected chi connectivity index (χ4v) is 4.57. The van der Waals surface area contributed by atoms with Gasteiger partial charge in [0.1, 0.15) is 12.8 Å². The first-order valence-electron chi connectivity index (χ1n) is 11.5. The molecular weight excluding hydrogens is 424 g/mol. The molecule has 1 unspecified atom stereocenters. The van der Waals surface area contributed by atoms with Gasteiger partial charge in [0.05, 0.1) is 11.2 Å². The van der Waals surface area contributed by atoms with Gasteiger partial charge in [-0.25, -0.2) is 4.68 Å². The Labute approximate surface area is 197 Å². The normalized spacial score (nSPS) is 13.1. The number of ether oxygens (including phenoxy) is 1. The van der Waals surface area contributed by atoms with Gasteiger partial charge in [-0.1, -0.05) is 98.5 Å². The Hall–Kier alpha value is -2.99. The average Bonchev–Trinajstić information content (AvgIpc) is 3.18. The van der Waals surface area contributed by atoms with Crippen LogP contribution in [0, 0.1) is 0 Å². The van der Waals surface area contributed by atoms with Crippen LogP contribution in [-0.4, -0.2) is 29.6 Å². The van der Waals surface area contributed by atoms with Gasteiger partial charge in [0.25, 0.3) is 0 Å². The number of aliphatic hydroxyl groups excluding tert-OH is 1. The summed E-state index contributed by atoms with van der Waals surface area (Å²) in [4.78, 5) is 0. The molecule has 0 amide bonds. The molecule has 5 heteroatoms. The predicted octanol–water partition coefficient (Wildman–Crippen LogP) is 6.60. The molecule has 0 aliphatic heterocycles. The van der Waals surface area contributed by atoms with Gasteiger partial charge in [0, 0.05) is 20.1 Å². The zero-order valence-corrected chi connectivity index (χ0v) is 20.6. The van der Waals surface area contributed by atoms with Gasteiger partial charge in [-0.2, -0.15) is 5.10 Å². The maximum atomic E-state index is 11.2. The molecule has 0 aliphatic rings. The fraction of sp³-hybridized carbons (Fsp3) is 0.250. The molecule has 3 aromatic carbocycles. The second kappa shape index (κ2) is 10.3. The lowest BCUT2D eigenvalue weighted by molar-refractivity contribution is 0.0816. The number of aromatic nitrogens is 2. The molecule has 0 spiro atoms. The molecular formula is C28H32N2O2Si. The van der Waals surface area contributed by atoms with Crippen LogP contribution in [0.25, 0.3) is 23.1 Å². The molecule has 0 bridgehead atoms. The number of aliphatic hydroxyl groups is 1. The van der Waals surface area contributed by atoms with Gasteiger partial charge >= 0.3 is 0 Å². The Kier molecular flexibility index (Phi) is 7.23. The van der Waals surface area contributed by atoms with Crippen LogP contribution < -0.4 is 0 Å². The SMILES string of the molecule is C[Si](C)(C)CCOCn1nc(C=Cc2ccccc2)c2c(C(O)c3ccccc3)cccc21. The zero-order chi connectivity index (χ0) is 23.3. The Morgan fingerprint density at radius 3 is 2.30 bits per heavy atom. The lowest BCUT2D eigenvalue weighted by Crippen LogP contribution is -2.22. The fourth-order valence-electron chi connectivity index (χ4n) is 3.81. The largest absolute Gasteiger partial charge is 0.384 e. The van der Waals surface area contributed by atoms with Crippen molar-refractivity contribution in [3.8, 4) is 0 Å². The molecule has 1 atom stereocenters. The minimum absolute atomic E-state index is 0.394. The Bertz CT molecular complexity index is 1210. The summed E-state index contributed by atoms with van der Waals surface area (Å²) in [6, 6.07) is 27.1. The first-order chi connectivity index (χ1) is 15.9. The van der Waals surface area contributed by atoms with Gasteiger partial charge < -0.3 is 9.84 Å². The third kappa shape index (κ3) is 5.88. The van der Waals surface area contributed by atoms with Crippen molar-refractivity contribution in [2.24, 2.45) is 0 Å². The smallest absolute Gasteiger partial charge is 0.140 e. The number of hydrogen-bond donors (Lipinski definition) is 1. The van der Waals surface area contributed by atoms with Crippen LogP contribution in [-0.2, 0) is 11.5 Å². The minimum Gasteiger partial charge on any atom is -0.384 e. The third-order valence-electron chi connectivity index (χ3n) is 5.69. The highest BCUT2D eigenvalue weighted by Gasteiger charge is 2.19. The summed E-state index contributed by atoms with van der Waals surface area (Å²) in [5.41, 5.74) is 4.60. The van der Waals surface area contributed by atoms with E-state index in [2.05, 4.69) is 37.8 Å². The second-order valence-corrected chi connectivity index (χ2v) is 15.2. The first-order valence-corrected chi connectivity index (χ1v) is 15.2. The summed E-state index contributed by atoms with van der Waals surface area (Å²) in [6.45, 7) is 8.18. The number of hydrogen-bond acceptors (Lipinski definition) is 3. The van der Waals surface area contributed by atoms with E-state index in [0.717, 1.165) is 45.9 Å². The molecule has 1 N–H and O–H groups in total. The lowest BCUT2D eigenvalue weighted by atomic mass is 9.97. The van der Waals surface area contributed by atoms with E-state index >= 15 is 0 Å². The Balaban J connectivity index is 1.72. The highest BCUT2D eigenvalue weighted by Crippen LogP contribution is 2.32. The highest BCUT2D eigenvalue weighted by molar-refractivity contribution is 6.76. The summed E-state index contributed by atoms with van der Waals surface area (Å²) in [5.74, 6) is 0. The number of rotatable bonds is 9. The van der Waals surface area contributed by atoms with E-state index in [4.69, 9.17) is 9.84 Å². The van der Waals surface area contributed by atoms with Crippen molar-refractivity contribution in [3.63, 3.8) is 0 Å². The van der Waals surface area contributed by atoms with E-state index in [9.17, 15) is 5.11 Å². The molecule has 170 valence electrons. The van der Waals surface area contributed by atoms with E-state index in [1.165, 1.54) is 0 Å². The van der Waals surface area contributed by atoms with E-state index in [1.54, 1.807) is 0 Å². The Morgan fingerprint density at radius 1 is 0.909 bits per heavy atom. The standard InChI is InChI=1S/C28H32N2O2Si/c1-33(2,3)20-19-32-21-30-26-16-10-15-24(28(31)23-13-8-5-9-14-23)27(26)25(29-30)18-17-22-11-6-4-7-12-22/h4-18,28,31H,19-21H2,1-3H3. The molecule has 0 radical (unpaired) electrons. The van der Waals surface area contributed by atoms with Crippen molar-refractivity contribution in [1.82, 2.24) is 9.78 Å². The van der Waals surface area contributed by atoms with Crippen LogP contribution in [0.2, 0.25) is 25.7 Å². The molecule has 1 heterocycles. The van der Waals surface area contributed by atoms with Gasteiger partial charge in [-0.15, -0.1) is 0 Å². The van der Waals surface area contributed by atoms with E-state index < -0.39 is 14.2 Å². The molecule has 4 rings (SSSR count). The van der Waals surface area contributed by atoms with Crippen molar-refractivity contribution in [2.45, 2.75) is 38.5 Å². The van der Waals surface area contributed by atoms with Gasteiger partial charge in [0.15, 0.2) is 0 Å². The highest BCUT2D eigenvalue weighted by atomic mass is 28.3. The predicted molar refractivity (Wildman–Crippen MR) is 140 cm³/mol. The van der Waals surface area contributed by atoms with Crippen molar-refractivity contribution in [3.05, 3.63) is 101 Å². The number of nitrogens with zero attached hydrogens (tertiary/aromatic N) is 2. The van der Waals surface area contributed by atoms with E-state index in [-0.39, 0.29) is 0 Å². The molecule has 0 saturated heterocycles.